The normalized spacial score (nSPS) is 12.1. The van der Waals surface area contributed by atoms with E-state index in [1.807, 2.05) is 49.4 Å². The Hall–Kier alpha value is -2.74. The predicted molar refractivity (Wildman–Crippen MR) is 107 cm³/mol. The molecule has 0 saturated carbocycles. The molecule has 2 nitrogen and oxygen atoms in total. The minimum Gasteiger partial charge on any atom is -0.295 e. The van der Waals surface area contributed by atoms with Gasteiger partial charge in [0.2, 0.25) is 0 Å². The van der Waals surface area contributed by atoms with Gasteiger partial charge in [0.25, 0.3) is 0 Å². The zero-order valence-electron chi connectivity index (χ0n) is 15.6. The van der Waals surface area contributed by atoms with Crippen LogP contribution >= 0.6 is 0 Å². The van der Waals surface area contributed by atoms with E-state index in [0.717, 1.165) is 17.5 Å². The van der Waals surface area contributed by atoms with E-state index in [-0.39, 0.29) is 17.5 Å². The Bertz CT molecular complexity index is 814. The third-order valence-electron chi connectivity index (χ3n) is 4.65. The summed E-state index contributed by atoms with van der Waals surface area (Å²) in [6.45, 7) is 7.64. The largest absolute Gasteiger partial charge is 0.295 e. The standard InChI is InChI=1S/C24H26O2/c1-4-22(25)17-21(24-12-8-6-10-19(24)3)14-16-23(26)15-13-20-11-7-5-9-18(20)2/h4-12,14,16,21H,1,13,15,17H2,2-3H3. The van der Waals surface area contributed by atoms with Crippen LogP contribution in [0.3, 0.4) is 0 Å². The summed E-state index contributed by atoms with van der Waals surface area (Å²) in [6.07, 6.45) is 6.37. The fourth-order valence-corrected chi connectivity index (χ4v) is 3.04. The van der Waals surface area contributed by atoms with Crippen LogP contribution < -0.4 is 0 Å². The summed E-state index contributed by atoms with van der Waals surface area (Å²) in [5, 5.41) is 0. The second-order valence-corrected chi connectivity index (χ2v) is 6.59. The van der Waals surface area contributed by atoms with Gasteiger partial charge in [-0.2, -0.15) is 0 Å². The lowest BCUT2D eigenvalue weighted by Crippen LogP contribution is -2.06. The van der Waals surface area contributed by atoms with Gasteiger partial charge in [0, 0.05) is 18.8 Å². The number of allylic oxidation sites excluding steroid dienone is 3. The van der Waals surface area contributed by atoms with E-state index in [0.29, 0.717) is 12.8 Å². The van der Waals surface area contributed by atoms with E-state index < -0.39 is 0 Å². The molecule has 2 rings (SSSR count). The molecule has 0 fully saturated rings. The van der Waals surface area contributed by atoms with E-state index in [1.54, 1.807) is 6.08 Å². The van der Waals surface area contributed by atoms with Crippen LogP contribution in [0.25, 0.3) is 0 Å². The molecule has 0 radical (unpaired) electrons. The summed E-state index contributed by atoms with van der Waals surface area (Å²) < 4.78 is 0. The highest BCUT2D eigenvalue weighted by molar-refractivity contribution is 5.91. The third-order valence-corrected chi connectivity index (χ3v) is 4.65. The molecule has 0 bridgehead atoms. The van der Waals surface area contributed by atoms with Gasteiger partial charge in [0.1, 0.15) is 0 Å². The first kappa shape index (κ1) is 19.6. The highest BCUT2D eigenvalue weighted by Gasteiger charge is 2.14. The lowest BCUT2D eigenvalue weighted by molar-refractivity contribution is -0.115. The average molecular weight is 346 g/mol. The second kappa shape index (κ2) is 9.67. The first-order chi connectivity index (χ1) is 12.5. The number of rotatable bonds is 9. The van der Waals surface area contributed by atoms with Crippen molar-refractivity contribution in [3.63, 3.8) is 0 Å². The molecule has 0 saturated heterocycles. The molecule has 0 heterocycles. The van der Waals surface area contributed by atoms with Crippen LogP contribution in [-0.4, -0.2) is 11.6 Å². The van der Waals surface area contributed by atoms with Gasteiger partial charge in [-0.05, 0) is 54.7 Å². The highest BCUT2D eigenvalue weighted by Crippen LogP contribution is 2.25. The molecule has 1 atom stereocenters. The minimum atomic E-state index is -0.107. The monoisotopic (exact) mass is 346 g/mol. The van der Waals surface area contributed by atoms with Crippen molar-refractivity contribution < 1.29 is 9.59 Å². The molecular formula is C24H26O2. The Morgan fingerprint density at radius 1 is 0.962 bits per heavy atom. The van der Waals surface area contributed by atoms with Crippen molar-refractivity contribution >= 4 is 11.6 Å². The number of ketones is 2. The Labute approximate surface area is 156 Å². The molecule has 0 aliphatic rings. The van der Waals surface area contributed by atoms with Gasteiger partial charge < -0.3 is 0 Å². The molecule has 2 aromatic carbocycles. The molecule has 0 aliphatic carbocycles. The maximum absolute atomic E-state index is 12.3. The number of hydrogen-bond donors (Lipinski definition) is 0. The van der Waals surface area contributed by atoms with Crippen molar-refractivity contribution in [3.05, 3.63) is 95.6 Å². The van der Waals surface area contributed by atoms with Crippen LogP contribution in [0.5, 0.6) is 0 Å². The molecule has 0 aliphatic heterocycles. The number of carbonyl (C=O) groups is 2. The zero-order chi connectivity index (χ0) is 18.9. The lowest BCUT2D eigenvalue weighted by atomic mass is 9.89. The van der Waals surface area contributed by atoms with Crippen molar-refractivity contribution in [1.29, 1.82) is 0 Å². The molecule has 0 aromatic heterocycles. The summed E-state index contributed by atoms with van der Waals surface area (Å²) in [4.78, 5) is 24.2. The van der Waals surface area contributed by atoms with Crippen LogP contribution in [0.1, 0.15) is 41.0 Å². The molecule has 26 heavy (non-hydrogen) atoms. The molecule has 2 aromatic rings. The molecule has 1 unspecified atom stereocenters. The maximum Gasteiger partial charge on any atom is 0.156 e. The maximum atomic E-state index is 12.3. The van der Waals surface area contributed by atoms with E-state index in [4.69, 9.17) is 0 Å². The summed E-state index contributed by atoms with van der Waals surface area (Å²) in [5.74, 6) is -0.0442. The van der Waals surface area contributed by atoms with E-state index in [1.165, 1.54) is 17.2 Å². The first-order valence-corrected chi connectivity index (χ1v) is 8.97. The topological polar surface area (TPSA) is 34.1 Å². The molecule has 0 spiro atoms. The van der Waals surface area contributed by atoms with Crippen molar-refractivity contribution in [2.24, 2.45) is 0 Å². The van der Waals surface area contributed by atoms with Gasteiger partial charge in [-0.25, -0.2) is 0 Å². The van der Waals surface area contributed by atoms with Gasteiger partial charge in [-0.1, -0.05) is 61.2 Å². The zero-order valence-corrected chi connectivity index (χ0v) is 15.6. The van der Waals surface area contributed by atoms with Crippen LogP contribution in [-0.2, 0) is 16.0 Å². The van der Waals surface area contributed by atoms with Gasteiger partial charge in [-0.15, -0.1) is 0 Å². The van der Waals surface area contributed by atoms with Crippen molar-refractivity contribution in [3.8, 4) is 0 Å². The Balaban J connectivity index is 2.07. The van der Waals surface area contributed by atoms with Gasteiger partial charge in [0.15, 0.2) is 11.6 Å². The van der Waals surface area contributed by atoms with Crippen molar-refractivity contribution in [2.45, 2.75) is 39.0 Å². The van der Waals surface area contributed by atoms with Crippen LogP contribution in [0.15, 0.2) is 73.3 Å². The molecule has 0 N–H and O–H groups in total. The number of benzene rings is 2. The van der Waals surface area contributed by atoms with Crippen LogP contribution in [0.2, 0.25) is 0 Å². The van der Waals surface area contributed by atoms with Crippen molar-refractivity contribution in [1.82, 2.24) is 0 Å². The van der Waals surface area contributed by atoms with E-state index in [9.17, 15) is 9.59 Å². The molecule has 2 heteroatoms. The Morgan fingerprint density at radius 2 is 1.62 bits per heavy atom. The summed E-state index contributed by atoms with van der Waals surface area (Å²) in [5.41, 5.74) is 4.60. The summed E-state index contributed by atoms with van der Waals surface area (Å²) in [6, 6.07) is 16.1. The minimum absolute atomic E-state index is 0.0183. The Morgan fingerprint density at radius 3 is 2.27 bits per heavy atom. The van der Waals surface area contributed by atoms with Crippen LogP contribution in [0.4, 0.5) is 0 Å². The van der Waals surface area contributed by atoms with Crippen LogP contribution in [0, 0.1) is 13.8 Å². The summed E-state index contributed by atoms with van der Waals surface area (Å²) in [7, 11) is 0. The second-order valence-electron chi connectivity index (χ2n) is 6.59. The third kappa shape index (κ3) is 5.66. The van der Waals surface area contributed by atoms with Gasteiger partial charge in [-0.3, -0.25) is 9.59 Å². The number of carbonyl (C=O) groups excluding carboxylic acids is 2. The molecule has 0 amide bonds. The van der Waals surface area contributed by atoms with E-state index in [2.05, 4.69) is 25.6 Å². The number of aryl methyl sites for hydroxylation is 3. The smallest absolute Gasteiger partial charge is 0.156 e. The van der Waals surface area contributed by atoms with Gasteiger partial charge >= 0.3 is 0 Å². The average Bonchev–Trinajstić information content (AvgIpc) is 2.64. The quantitative estimate of drug-likeness (QED) is 0.578. The predicted octanol–water partition coefficient (Wildman–Crippen LogP) is 5.29. The van der Waals surface area contributed by atoms with Gasteiger partial charge in [0.05, 0.1) is 0 Å². The lowest BCUT2D eigenvalue weighted by Gasteiger charge is -2.14. The fraction of sp³-hybridized carbons (Fsp3) is 0.250. The molecular weight excluding hydrogens is 320 g/mol. The highest BCUT2D eigenvalue weighted by atomic mass is 16.1. The summed E-state index contributed by atoms with van der Waals surface area (Å²) >= 11 is 0. The first-order valence-electron chi connectivity index (χ1n) is 8.97. The molecule has 134 valence electrons. The number of hydrogen-bond acceptors (Lipinski definition) is 2. The SMILES string of the molecule is C=CC(=O)CC(C=CC(=O)CCc1ccccc1C)c1ccccc1C. The van der Waals surface area contributed by atoms with E-state index >= 15 is 0 Å². The Kier molecular flexibility index (Phi) is 7.28. The van der Waals surface area contributed by atoms with Crippen molar-refractivity contribution in [2.75, 3.05) is 0 Å². The fourth-order valence-electron chi connectivity index (χ4n) is 3.04.